The van der Waals surface area contributed by atoms with Crippen LogP contribution in [0.25, 0.3) is 0 Å². The standard InChI is InChI=1S/C12H12N2O4/c1-3-17-12(16)9(7-13)11-10(18-8(2)15)5-4-6-14-11/h4-6,9H,3H2,1-2H3. The van der Waals surface area contributed by atoms with Crippen molar-refractivity contribution in [3.8, 4) is 11.8 Å². The molecule has 1 atom stereocenters. The first-order valence-corrected chi connectivity index (χ1v) is 5.29. The van der Waals surface area contributed by atoms with Crippen LogP contribution in [0.15, 0.2) is 18.3 Å². The molecule has 0 aliphatic carbocycles. The number of ether oxygens (including phenoxy) is 2. The quantitative estimate of drug-likeness (QED) is 0.743. The van der Waals surface area contributed by atoms with E-state index in [1.807, 2.05) is 0 Å². The maximum atomic E-state index is 11.6. The molecule has 6 nitrogen and oxygen atoms in total. The number of nitrogens with zero attached hydrogens (tertiary/aromatic N) is 2. The van der Waals surface area contributed by atoms with E-state index in [1.165, 1.54) is 19.2 Å². The Morgan fingerprint density at radius 3 is 2.83 bits per heavy atom. The number of nitriles is 1. The minimum absolute atomic E-state index is 0.0775. The van der Waals surface area contributed by atoms with E-state index in [1.54, 1.807) is 19.1 Å². The average molecular weight is 248 g/mol. The highest BCUT2D eigenvalue weighted by molar-refractivity contribution is 5.82. The van der Waals surface area contributed by atoms with Crippen LogP contribution in [-0.4, -0.2) is 23.5 Å². The van der Waals surface area contributed by atoms with Gasteiger partial charge in [-0.05, 0) is 19.1 Å². The molecule has 0 aliphatic rings. The van der Waals surface area contributed by atoms with E-state index in [0.717, 1.165) is 0 Å². The number of carbonyl (C=O) groups is 2. The zero-order valence-electron chi connectivity index (χ0n) is 10.0. The third kappa shape index (κ3) is 3.28. The molecular formula is C12H12N2O4. The van der Waals surface area contributed by atoms with Crippen molar-refractivity contribution in [2.75, 3.05) is 6.61 Å². The fourth-order valence-electron chi connectivity index (χ4n) is 1.31. The van der Waals surface area contributed by atoms with Gasteiger partial charge in [0.15, 0.2) is 11.7 Å². The van der Waals surface area contributed by atoms with E-state index < -0.39 is 17.9 Å². The average Bonchev–Trinajstić information content (AvgIpc) is 2.32. The largest absolute Gasteiger partial charge is 0.465 e. The Labute approximate surface area is 104 Å². The molecule has 0 N–H and O–H groups in total. The highest BCUT2D eigenvalue weighted by atomic mass is 16.5. The second-order valence-corrected chi connectivity index (χ2v) is 3.29. The predicted molar refractivity (Wildman–Crippen MR) is 60.5 cm³/mol. The highest BCUT2D eigenvalue weighted by Gasteiger charge is 2.27. The molecule has 1 aromatic rings. The van der Waals surface area contributed by atoms with Crippen LogP contribution in [0.5, 0.6) is 5.75 Å². The zero-order valence-corrected chi connectivity index (χ0v) is 10.0. The lowest BCUT2D eigenvalue weighted by Gasteiger charge is -2.11. The summed E-state index contributed by atoms with van der Waals surface area (Å²) >= 11 is 0. The lowest BCUT2D eigenvalue weighted by molar-refractivity contribution is -0.143. The number of esters is 2. The maximum Gasteiger partial charge on any atom is 0.329 e. The molecule has 0 bridgehead atoms. The Kier molecular flexibility index (Phi) is 4.81. The topological polar surface area (TPSA) is 89.3 Å². The van der Waals surface area contributed by atoms with Crippen molar-refractivity contribution in [3.63, 3.8) is 0 Å². The van der Waals surface area contributed by atoms with E-state index in [4.69, 9.17) is 14.7 Å². The molecule has 0 spiro atoms. The summed E-state index contributed by atoms with van der Waals surface area (Å²) in [6, 6.07) is 4.80. The van der Waals surface area contributed by atoms with E-state index in [2.05, 4.69) is 4.98 Å². The van der Waals surface area contributed by atoms with Gasteiger partial charge in [0, 0.05) is 13.1 Å². The van der Waals surface area contributed by atoms with Crippen molar-refractivity contribution in [1.29, 1.82) is 5.26 Å². The monoisotopic (exact) mass is 248 g/mol. The van der Waals surface area contributed by atoms with Crippen LogP contribution in [-0.2, 0) is 14.3 Å². The van der Waals surface area contributed by atoms with Gasteiger partial charge in [-0.25, -0.2) is 0 Å². The number of rotatable bonds is 4. The summed E-state index contributed by atoms with van der Waals surface area (Å²) in [5.41, 5.74) is 0.0775. The maximum absolute atomic E-state index is 11.6. The molecule has 0 saturated heterocycles. The summed E-state index contributed by atoms with van der Waals surface area (Å²) in [5, 5.41) is 9.00. The van der Waals surface area contributed by atoms with Crippen LogP contribution in [0, 0.1) is 11.3 Å². The molecule has 0 aromatic carbocycles. The van der Waals surface area contributed by atoms with E-state index >= 15 is 0 Å². The Morgan fingerprint density at radius 1 is 1.56 bits per heavy atom. The van der Waals surface area contributed by atoms with Gasteiger partial charge in [0.25, 0.3) is 0 Å². The molecule has 0 aliphatic heterocycles. The molecule has 1 aromatic heterocycles. The Bertz CT molecular complexity index is 493. The second kappa shape index (κ2) is 6.35. The molecule has 18 heavy (non-hydrogen) atoms. The van der Waals surface area contributed by atoms with Gasteiger partial charge in [0.2, 0.25) is 0 Å². The van der Waals surface area contributed by atoms with Crippen LogP contribution in [0.4, 0.5) is 0 Å². The van der Waals surface area contributed by atoms with Gasteiger partial charge in [-0.3, -0.25) is 14.6 Å². The SMILES string of the molecule is CCOC(=O)C(C#N)c1ncccc1OC(C)=O. The van der Waals surface area contributed by atoms with Crippen molar-refractivity contribution in [1.82, 2.24) is 4.98 Å². The number of aromatic nitrogens is 1. The third-order valence-corrected chi connectivity index (χ3v) is 1.98. The lowest BCUT2D eigenvalue weighted by atomic mass is 10.1. The predicted octanol–water partition coefficient (Wildman–Crippen LogP) is 1.18. The zero-order chi connectivity index (χ0) is 13.5. The van der Waals surface area contributed by atoms with Gasteiger partial charge in [-0.2, -0.15) is 5.26 Å². The third-order valence-electron chi connectivity index (χ3n) is 1.98. The van der Waals surface area contributed by atoms with Crippen molar-refractivity contribution in [2.24, 2.45) is 0 Å². The lowest BCUT2D eigenvalue weighted by Crippen LogP contribution is -2.17. The summed E-state index contributed by atoms with van der Waals surface area (Å²) in [7, 11) is 0. The summed E-state index contributed by atoms with van der Waals surface area (Å²) in [6.07, 6.45) is 1.41. The van der Waals surface area contributed by atoms with Crippen molar-refractivity contribution < 1.29 is 19.1 Å². The van der Waals surface area contributed by atoms with E-state index in [9.17, 15) is 9.59 Å². The first kappa shape index (κ1) is 13.6. The fraction of sp³-hybridized carbons (Fsp3) is 0.333. The molecule has 0 saturated carbocycles. The molecule has 0 radical (unpaired) electrons. The van der Waals surface area contributed by atoms with E-state index in [0.29, 0.717) is 0 Å². The number of hydrogen-bond acceptors (Lipinski definition) is 6. The molecule has 1 unspecified atom stereocenters. The Hall–Kier alpha value is -2.42. The molecule has 1 rings (SSSR count). The van der Waals surface area contributed by atoms with Crippen LogP contribution < -0.4 is 4.74 Å². The normalized spacial score (nSPS) is 11.2. The molecule has 94 valence electrons. The first-order valence-electron chi connectivity index (χ1n) is 5.29. The van der Waals surface area contributed by atoms with Gasteiger partial charge in [-0.15, -0.1) is 0 Å². The van der Waals surface area contributed by atoms with Crippen molar-refractivity contribution in [2.45, 2.75) is 19.8 Å². The molecular weight excluding hydrogens is 236 g/mol. The molecule has 0 amide bonds. The van der Waals surface area contributed by atoms with Crippen LogP contribution in [0.2, 0.25) is 0 Å². The van der Waals surface area contributed by atoms with Crippen LogP contribution >= 0.6 is 0 Å². The number of hydrogen-bond donors (Lipinski definition) is 0. The summed E-state index contributed by atoms with van der Waals surface area (Å²) in [5.74, 6) is -2.39. The van der Waals surface area contributed by atoms with E-state index in [-0.39, 0.29) is 18.1 Å². The minimum Gasteiger partial charge on any atom is -0.465 e. The molecule has 6 heteroatoms. The van der Waals surface area contributed by atoms with Gasteiger partial charge in [0.1, 0.15) is 5.69 Å². The second-order valence-electron chi connectivity index (χ2n) is 3.29. The summed E-state index contributed by atoms with van der Waals surface area (Å²) < 4.78 is 9.66. The van der Waals surface area contributed by atoms with Gasteiger partial charge in [-0.1, -0.05) is 0 Å². The van der Waals surface area contributed by atoms with Gasteiger partial charge < -0.3 is 9.47 Å². The van der Waals surface area contributed by atoms with Gasteiger partial charge in [0.05, 0.1) is 12.7 Å². The highest BCUT2D eigenvalue weighted by Crippen LogP contribution is 2.25. The van der Waals surface area contributed by atoms with Crippen LogP contribution in [0.3, 0.4) is 0 Å². The number of carbonyl (C=O) groups excluding carboxylic acids is 2. The Morgan fingerprint density at radius 2 is 2.28 bits per heavy atom. The Balaban J connectivity index is 3.10. The smallest absolute Gasteiger partial charge is 0.329 e. The van der Waals surface area contributed by atoms with Gasteiger partial charge >= 0.3 is 11.9 Å². The minimum atomic E-state index is -1.21. The molecule has 0 fully saturated rings. The summed E-state index contributed by atoms with van der Waals surface area (Å²) in [4.78, 5) is 26.4. The van der Waals surface area contributed by atoms with Crippen molar-refractivity contribution in [3.05, 3.63) is 24.0 Å². The molecule has 1 heterocycles. The summed E-state index contributed by atoms with van der Waals surface area (Å²) in [6.45, 7) is 3.02. The van der Waals surface area contributed by atoms with Crippen LogP contribution in [0.1, 0.15) is 25.5 Å². The fourth-order valence-corrected chi connectivity index (χ4v) is 1.31. The number of pyridine rings is 1. The first-order chi connectivity index (χ1) is 8.60. The van der Waals surface area contributed by atoms with Crippen molar-refractivity contribution >= 4 is 11.9 Å².